The van der Waals surface area contributed by atoms with Crippen molar-refractivity contribution >= 4 is 5.97 Å². The van der Waals surface area contributed by atoms with Crippen molar-refractivity contribution < 1.29 is 34.7 Å². The average molecular weight is 563 g/mol. The average Bonchev–Trinajstić information content (AvgIpc) is 3.26. The zero-order valence-electron chi connectivity index (χ0n) is 25.3. The van der Waals surface area contributed by atoms with Gasteiger partial charge in [0.25, 0.3) is 0 Å². The summed E-state index contributed by atoms with van der Waals surface area (Å²) in [4.78, 5) is 11.5. The number of carboxylic acids is 1. The quantitative estimate of drug-likeness (QED) is 0.297. The third-order valence-corrected chi connectivity index (χ3v) is 12.4. The SMILES string of the molecule is CC(C)CCC[C@@H](C)[C@H]1CC[C@H]2[C@@H]3CC=C4CC(OC5O[C@H](C(=O)O)[C@@H](O)[C@H](O)[C@H]5O)CC[C@]4(C)[C@H]3CC[C@]12C. The lowest BCUT2D eigenvalue weighted by Gasteiger charge is -2.58. The Labute approximate surface area is 240 Å². The maximum Gasteiger partial charge on any atom is 0.335 e. The van der Waals surface area contributed by atoms with Gasteiger partial charge in [-0.15, -0.1) is 0 Å². The number of rotatable bonds is 8. The van der Waals surface area contributed by atoms with Crippen LogP contribution < -0.4 is 0 Å². The van der Waals surface area contributed by atoms with Crippen molar-refractivity contribution in [2.24, 2.45) is 46.3 Å². The number of aliphatic hydroxyl groups excluding tert-OH is 3. The molecule has 1 aliphatic heterocycles. The maximum atomic E-state index is 11.5. The number of aliphatic hydroxyl groups is 3. The third kappa shape index (κ3) is 5.32. The molecule has 2 unspecified atom stereocenters. The summed E-state index contributed by atoms with van der Waals surface area (Å²) < 4.78 is 11.5. The number of aliphatic carboxylic acids is 1. The highest BCUT2D eigenvalue weighted by Gasteiger charge is 2.59. The van der Waals surface area contributed by atoms with Crippen LogP contribution in [0.15, 0.2) is 11.6 Å². The van der Waals surface area contributed by atoms with Crippen molar-refractivity contribution in [3.8, 4) is 0 Å². The topological polar surface area (TPSA) is 116 Å². The molecule has 5 rings (SSSR count). The van der Waals surface area contributed by atoms with Crippen LogP contribution in [0.5, 0.6) is 0 Å². The van der Waals surface area contributed by atoms with Crippen LogP contribution in [0, 0.1) is 46.3 Å². The molecule has 7 heteroatoms. The van der Waals surface area contributed by atoms with Crippen LogP contribution in [0.3, 0.4) is 0 Å². The van der Waals surface area contributed by atoms with Gasteiger partial charge in [-0.25, -0.2) is 4.79 Å². The number of carboxylic acid groups (broad SMARTS) is 1. The first-order valence-corrected chi connectivity index (χ1v) is 16.1. The molecule has 4 fully saturated rings. The molecular weight excluding hydrogens is 508 g/mol. The molecule has 5 aliphatic rings. The highest BCUT2D eigenvalue weighted by Crippen LogP contribution is 2.67. The number of hydrogen-bond acceptors (Lipinski definition) is 6. The summed E-state index contributed by atoms with van der Waals surface area (Å²) in [5.41, 5.74) is 2.04. The monoisotopic (exact) mass is 562 g/mol. The molecule has 0 spiro atoms. The second kappa shape index (κ2) is 11.6. The second-order valence-corrected chi connectivity index (χ2v) is 15.0. The molecule has 0 aromatic heterocycles. The second-order valence-electron chi connectivity index (χ2n) is 15.0. The van der Waals surface area contributed by atoms with E-state index < -0.39 is 36.7 Å². The van der Waals surface area contributed by atoms with Crippen molar-refractivity contribution in [2.75, 3.05) is 0 Å². The van der Waals surface area contributed by atoms with Gasteiger partial charge in [0, 0.05) is 0 Å². The Morgan fingerprint density at radius 2 is 1.75 bits per heavy atom. The van der Waals surface area contributed by atoms with E-state index in [2.05, 4.69) is 40.7 Å². The van der Waals surface area contributed by atoms with Gasteiger partial charge < -0.3 is 29.9 Å². The summed E-state index contributed by atoms with van der Waals surface area (Å²) in [6.07, 6.45) is 7.65. The fourth-order valence-electron chi connectivity index (χ4n) is 10.1. The van der Waals surface area contributed by atoms with Crippen LogP contribution >= 0.6 is 0 Å². The number of allylic oxidation sites excluding steroid dienone is 1. The van der Waals surface area contributed by atoms with Crippen molar-refractivity contribution in [2.45, 2.75) is 142 Å². The molecule has 13 atom stereocenters. The van der Waals surface area contributed by atoms with E-state index >= 15 is 0 Å². The molecule has 0 amide bonds. The zero-order valence-corrected chi connectivity index (χ0v) is 25.3. The van der Waals surface area contributed by atoms with Crippen LogP contribution in [-0.4, -0.2) is 63.2 Å². The highest BCUT2D eigenvalue weighted by atomic mass is 16.7. The van der Waals surface area contributed by atoms with Crippen molar-refractivity contribution in [3.63, 3.8) is 0 Å². The minimum absolute atomic E-state index is 0.149. The Balaban J connectivity index is 1.25. The van der Waals surface area contributed by atoms with E-state index in [1.165, 1.54) is 50.5 Å². The molecule has 228 valence electrons. The minimum Gasteiger partial charge on any atom is -0.479 e. The summed E-state index contributed by atoms with van der Waals surface area (Å²) in [6.45, 7) is 12.3. The Morgan fingerprint density at radius 3 is 2.45 bits per heavy atom. The fraction of sp³-hybridized carbons (Fsp3) is 0.909. The molecule has 4 aliphatic carbocycles. The molecule has 3 saturated carbocycles. The van der Waals surface area contributed by atoms with Gasteiger partial charge >= 0.3 is 5.97 Å². The van der Waals surface area contributed by atoms with E-state index in [-0.39, 0.29) is 11.5 Å². The summed E-state index contributed by atoms with van der Waals surface area (Å²) in [7, 11) is 0. The van der Waals surface area contributed by atoms with E-state index in [4.69, 9.17) is 9.47 Å². The maximum absolute atomic E-state index is 11.5. The van der Waals surface area contributed by atoms with Crippen molar-refractivity contribution in [3.05, 3.63) is 11.6 Å². The first kappa shape index (κ1) is 30.5. The van der Waals surface area contributed by atoms with Crippen molar-refractivity contribution in [1.29, 1.82) is 0 Å². The summed E-state index contributed by atoms with van der Waals surface area (Å²) in [5, 5.41) is 40.0. The molecule has 4 N–H and O–H groups in total. The smallest absolute Gasteiger partial charge is 0.335 e. The predicted octanol–water partition coefficient (Wildman–Crippen LogP) is 5.31. The highest BCUT2D eigenvalue weighted by molar-refractivity contribution is 5.73. The van der Waals surface area contributed by atoms with E-state index in [1.807, 2.05) is 0 Å². The standard InChI is InChI=1S/C33H54O7/c1-18(2)7-6-8-19(3)23-11-12-24-22-10-9-20-17-21(13-15-32(20,4)25(22)14-16-33(23,24)5)39-31-28(36)26(34)27(35)29(40-31)30(37)38/h9,18-19,21-29,31,34-36H,6-8,10-17H2,1-5H3,(H,37,38)/t19-,21?,22+,23-,24+,25+,26+,27+,28-,29+,31?,32+,33-/m1/s1. The van der Waals surface area contributed by atoms with Gasteiger partial charge in [-0.05, 0) is 97.7 Å². The minimum atomic E-state index is -1.70. The number of carbonyl (C=O) groups is 1. The lowest BCUT2D eigenvalue weighted by molar-refractivity contribution is -0.306. The fourth-order valence-corrected chi connectivity index (χ4v) is 10.1. The van der Waals surface area contributed by atoms with E-state index in [9.17, 15) is 25.2 Å². The molecule has 0 bridgehead atoms. The molecule has 40 heavy (non-hydrogen) atoms. The van der Waals surface area contributed by atoms with Crippen molar-refractivity contribution in [1.82, 2.24) is 0 Å². The van der Waals surface area contributed by atoms with Gasteiger partial charge in [0.05, 0.1) is 6.10 Å². The molecule has 0 aromatic carbocycles. The Bertz CT molecular complexity index is 949. The van der Waals surface area contributed by atoms with Gasteiger partial charge in [-0.1, -0.05) is 65.5 Å². The first-order chi connectivity index (χ1) is 18.9. The number of ether oxygens (including phenoxy) is 2. The summed E-state index contributed by atoms with van der Waals surface area (Å²) >= 11 is 0. The predicted molar refractivity (Wildman–Crippen MR) is 152 cm³/mol. The largest absolute Gasteiger partial charge is 0.479 e. The Morgan fingerprint density at radius 1 is 1.00 bits per heavy atom. The lowest BCUT2D eigenvalue weighted by Crippen LogP contribution is -2.61. The molecule has 7 nitrogen and oxygen atoms in total. The third-order valence-electron chi connectivity index (χ3n) is 12.4. The summed E-state index contributed by atoms with van der Waals surface area (Å²) in [6, 6.07) is 0. The number of fused-ring (bicyclic) bond motifs is 5. The van der Waals surface area contributed by atoms with E-state index in [1.54, 1.807) is 0 Å². The lowest BCUT2D eigenvalue weighted by atomic mass is 9.47. The molecular formula is C33H54O7. The molecule has 1 saturated heterocycles. The van der Waals surface area contributed by atoms with Crippen LogP contribution in [0.2, 0.25) is 0 Å². The van der Waals surface area contributed by atoms with Gasteiger partial charge in [0.1, 0.15) is 18.3 Å². The van der Waals surface area contributed by atoms with Gasteiger partial charge in [-0.3, -0.25) is 0 Å². The van der Waals surface area contributed by atoms with Crippen LogP contribution in [-0.2, 0) is 14.3 Å². The molecule has 0 aromatic rings. The Kier molecular flexibility index (Phi) is 8.83. The van der Waals surface area contributed by atoms with Crippen LogP contribution in [0.1, 0.15) is 105 Å². The van der Waals surface area contributed by atoms with Gasteiger partial charge in [0.2, 0.25) is 0 Å². The van der Waals surface area contributed by atoms with Gasteiger partial charge in [-0.2, -0.15) is 0 Å². The summed E-state index contributed by atoms with van der Waals surface area (Å²) in [5.74, 6) is 3.30. The van der Waals surface area contributed by atoms with Crippen LogP contribution in [0.4, 0.5) is 0 Å². The Hall–Kier alpha value is -0.990. The molecule has 0 radical (unpaired) electrons. The van der Waals surface area contributed by atoms with Crippen LogP contribution in [0.25, 0.3) is 0 Å². The van der Waals surface area contributed by atoms with E-state index in [0.29, 0.717) is 11.3 Å². The van der Waals surface area contributed by atoms with E-state index in [0.717, 1.165) is 55.3 Å². The zero-order chi connectivity index (χ0) is 29.0. The normalized spacial score (nSPS) is 47.7. The molecule has 1 heterocycles. The van der Waals surface area contributed by atoms with Gasteiger partial charge in [0.15, 0.2) is 12.4 Å². The first-order valence-electron chi connectivity index (χ1n) is 16.1. The number of hydrogen-bond donors (Lipinski definition) is 4.